The molecule has 0 aromatic heterocycles. The van der Waals surface area contributed by atoms with Crippen LogP contribution in [0.15, 0.2) is 24.3 Å². The van der Waals surface area contributed by atoms with Gasteiger partial charge in [0.1, 0.15) is 18.7 Å². The fourth-order valence-corrected chi connectivity index (χ4v) is 4.88. The molecule has 2 aliphatic heterocycles. The van der Waals surface area contributed by atoms with Crippen molar-refractivity contribution < 1.29 is 52.5 Å². The maximum Gasteiger partial charge on any atom is 0.161 e. The van der Waals surface area contributed by atoms with Crippen LogP contribution in [-0.4, -0.2) is 51.6 Å². The minimum atomic E-state index is -0.647. The monoisotopic (exact) mass is 513 g/mol. The number of halogens is 1. The quantitative estimate of drug-likeness (QED) is 0.462. The standard InChI is InChI=1S/C22H28NO5.HI/c1-23-7-6-13-8-17(25-2)19(27-4)10-15(13)21(23)22(24)16-11-20(28-5)18(26-3)9-14(16)12-23;/h8-11,21-22,24H,6-7,12H2,1-5H3;1H/q+1;/p-1/t21-,22+,23-;/m1./s1. The molecule has 0 radical (unpaired) electrons. The lowest BCUT2D eigenvalue weighted by Gasteiger charge is -2.50. The molecule has 2 aliphatic rings. The molecule has 2 heterocycles. The van der Waals surface area contributed by atoms with Crippen LogP contribution in [-0.2, 0) is 13.0 Å². The van der Waals surface area contributed by atoms with Gasteiger partial charge in [-0.15, -0.1) is 0 Å². The van der Waals surface area contributed by atoms with E-state index in [4.69, 9.17) is 18.9 Å². The van der Waals surface area contributed by atoms with Gasteiger partial charge in [0.2, 0.25) is 0 Å². The van der Waals surface area contributed by atoms with E-state index in [0.29, 0.717) is 17.2 Å². The van der Waals surface area contributed by atoms with Crippen LogP contribution in [0.5, 0.6) is 23.0 Å². The second kappa shape index (κ2) is 8.20. The highest BCUT2D eigenvalue weighted by Crippen LogP contribution is 2.52. The van der Waals surface area contributed by atoms with E-state index in [2.05, 4.69) is 13.1 Å². The minimum Gasteiger partial charge on any atom is -1.00 e. The van der Waals surface area contributed by atoms with E-state index < -0.39 is 6.10 Å². The Labute approximate surface area is 188 Å². The van der Waals surface area contributed by atoms with Crippen LogP contribution in [0.25, 0.3) is 0 Å². The third-order valence-corrected chi connectivity index (χ3v) is 6.32. The third-order valence-electron chi connectivity index (χ3n) is 6.32. The van der Waals surface area contributed by atoms with Gasteiger partial charge in [0.15, 0.2) is 23.0 Å². The number of aliphatic hydroxyl groups excluding tert-OH is 1. The molecule has 0 amide bonds. The van der Waals surface area contributed by atoms with E-state index in [1.807, 2.05) is 18.2 Å². The Hall–Kier alpha value is -1.71. The zero-order chi connectivity index (χ0) is 20.1. The number of methoxy groups -OCH3 is 4. The van der Waals surface area contributed by atoms with E-state index in [0.717, 1.165) is 46.4 Å². The van der Waals surface area contributed by atoms with Crippen molar-refractivity contribution in [2.75, 3.05) is 42.0 Å². The zero-order valence-corrected chi connectivity index (χ0v) is 19.6. The summed E-state index contributed by atoms with van der Waals surface area (Å²) in [7, 11) is 8.77. The number of fused-ring (bicyclic) bond motifs is 4. The van der Waals surface area contributed by atoms with E-state index >= 15 is 0 Å². The SMILES string of the molecule is COc1cc2c(cc1OC)[C@@H]1[C@@H](O)c3cc(OC)c(OC)cc3C[N@@+]1(C)CC2.[I-]. The molecule has 0 aliphatic carbocycles. The van der Waals surface area contributed by atoms with Crippen molar-refractivity contribution in [3.63, 3.8) is 0 Å². The van der Waals surface area contributed by atoms with Gasteiger partial charge in [0.25, 0.3) is 0 Å². The highest BCUT2D eigenvalue weighted by Gasteiger charge is 2.49. The van der Waals surface area contributed by atoms with Crippen molar-refractivity contribution in [2.45, 2.75) is 25.1 Å². The van der Waals surface area contributed by atoms with Crippen LogP contribution >= 0.6 is 0 Å². The lowest BCUT2D eigenvalue weighted by molar-refractivity contribution is -0.960. The summed E-state index contributed by atoms with van der Waals surface area (Å²) >= 11 is 0. The molecule has 4 rings (SSSR count). The van der Waals surface area contributed by atoms with E-state index in [-0.39, 0.29) is 30.0 Å². The summed E-state index contributed by atoms with van der Waals surface area (Å²) in [6.45, 7) is 1.77. The summed E-state index contributed by atoms with van der Waals surface area (Å²) in [4.78, 5) is 0. The Balaban J connectivity index is 0.00000240. The number of aliphatic hydroxyl groups is 1. The number of nitrogens with zero attached hydrogens (tertiary/aromatic N) is 1. The topological polar surface area (TPSA) is 57.2 Å². The van der Waals surface area contributed by atoms with E-state index in [9.17, 15) is 5.11 Å². The molecule has 1 N–H and O–H groups in total. The van der Waals surface area contributed by atoms with Crippen LogP contribution in [0.1, 0.15) is 34.4 Å². The van der Waals surface area contributed by atoms with Gasteiger partial charge < -0.3 is 52.5 Å². The summed E-state index contributed by atoms with van der Waals surface area (Å²) in [5.74, 6) is 2.76. The summed E-state index contributed by atoms with van der Waals surface area (Å²) in [5, 5.41) is 11.5. The van der Waals surface area contributed by atoms with E-state index in [1.54, 1.807) is 28.4 Å². The minimum absolute atomic E-state index is 0. The Morgan fingerprint density at radius 2 is 1.28 bits per heavy atom. The highest BCUT2D eigenvalue weighted by molar-refractivity contribution is 5.52. The number of hydrogen-bond acceptors (Lipinski definition) is 5. The van der Waals surface area contributed by atoms with Crippen LogP contribution in [0.4, 0.5) is 0 Å². The number of benzene rings is 2. The average molecular weight is 513 g/mol. The molecule has 6 nitrogen and oxygen atoms in total. The maximum atomic E-state index is 11.5. The molecule has 29 heavy (non-hydrogen) atoms. The average Bonchev–Trinajstić information content (AvgIpc) is 2.71. The van der Waals surface area contributed by atoms with Gasteiger partial charge in [0.05, 0.1) is 42.0 Å². The summed E-state index contributed by atoms with van der Waals surface area (Å²) in [5.41, 5.74) is 4.34. The first-order valence-electron chi connectivity index (χ1n) is 9.47. The third kappa shape index (κ3) is 3.43. The number of rotatable bonds is 4. The van der Waals surface area contributed by atoms with E-state index in [1.165, 1.54) is 5.56 Å². The summed E-state index contributed by atoms with van der Waals surface area (Å²) < 4.78 is 22.7. The molecule has 0 unspecified atom stereocenters. The lowest BCUT2D eigenvalue weighted by Crippen LogP contribution is -3.00. The molecule has 0 spiro atoms. The van der Waals surface area contributed by atoms with Gasteiger partial charge in [-0.3, -0.25) is 0 Å². The Morgan fingerprint density at radius 1 is 0.793 bits per heavy atom. The Bertz CT molecular complexity index is 919. The number of hydrogen-bond donors (Lipinski definition) is 1. The highest BCUT2D eigenvalue weighted by atomic mass is 127. The molecule has 0 fully saturated rings. The van der Waals surface area contributed by atoms with Crippen molar-refractivity contribution in [1.29, 1.82) is 0 Å². The van der Waals surface area contributed by atoms with Crippen LogP contribution in [0.3, 0.4) is 0 Å². The van der Waals surface area contributed by atoms with Gasteiger partial charge in [-0.25, -0.2) is 0 Å². The van der Waals surface area contributed by atoms with Gasteiger partial charge in [0, 0.05) is 17.5 Å². The lowest BCUT2D eigenvalue weighted by atomic mass is 9.80. The predicted molar refractivity (Wildman–Crippen MR) is 105 cm³/mol. The van der Waals surface area contributed by atoms with Crippen molar-refractivity contribution in [3.05, 3.63) is 46.5 Å². The second-order valence-corrected chi connectivity index (χ2v) is 7.81. The summed E-state index contributed by atoms with van der Waals surface area (Å²) in [6.07, 6.45) is 0.281. The molecule has 2 aromatic rings. The Morgan fingerprint density at radius 3 is 1.83 bits per heavy atom. The van der Waals surface area contributed by atoms with Gasteiger partial charge in [-0.2, -0.15) is 0 Å². The van der Waals surface area contributed by atoms with Crippen molar-refractivity contribution >= 4 is 0 Å². The first kappa shape index (κ1) is 22.0. The molecule has 2 aromatic carbocycles. The molecular formula is C22H28INO5. The summed E-state index contributed by atoms with van der Waals surface area (Å²) in [6, 6.07) is 7.92. The van der Waals surface area contributed by atoms with Crippen molar-refractivity contribution in [3.8, 4) is 23.0 Å². The van der Waals surface area contributed by atoms with Crippen molar-refractivity contribution in [2.24, 2.45) is 0 Å². The molecular weight excluding hydrogens is 485 g/mol. The van der Waals surface area contributed by atoms with Crippen LogP contribution < -0.4 is 42.9 Å². The van der Waals surface area contributed by atoms with Crippen LogP contribution in [0, 0.1) is 0 Å². The number of likely N-dealkylation sites (N-methyl/N-ethyl adjacent to an activating group) is 1. The largest absolute Gasteiger partial charge is 1.00 e. The van der Waals surface area contributed by atoms with Crippen molar-refractivity contribution in [1.82, 2.24) is 0 Å². The smallest absolute Gasteiger partial charge is 0.161 e. The number of ether oxygens (including phenoxy) is 4. The molecule has 158 valence electrons. The zero-order valence-electron chi connectivity index (χ0n) is 17.5. The number of quaternary nitrogens is 1. The maximum absolute atomic E-state index is 11.5. The molecule has 7 heteroatoms. The van der Waals surface area contributed by atoms with Gasteiger partial charge in [-0.1, -0.05) is 0 Å². The predicted octanol–water partition coefficient (Wildman–Crippen LogP) is 0.0160. The van der Waals surface area contributed by atoms with Gasteiger partial charge in [-0.05, 0) is 35.4 Å². The molecule has 0 bridgehead atoms. The molecule has 0 saturated heterocycles. The Kier molecular flexibility index (Phi) is 6.21. The molecule has 0 saturated carbocycles. The fourth-order valence-electron chi connectivity index (χ4n) is 4.88. The fraction of sp³-hybridized carbons (Fsp3) is 0.455. The van der Waals surface area contributed by atoms with Gasteiger partial charge >= 0.3 is 0 Å². The molecule has 3 atom stereocenters. The first-order valence-corrected chi connectivity index (χ1v) is 9.47. The normalized spacial score (nSPS) is 24.3. The van der Waals surface area contributed by atoms with Crippen LogP contribution in [0.2, 0.25) is 0 Å². The second-order valence-electron chi connectivity index (χ2n) is 7.81. The first-order chi connectivity index (χ1) is 13.5.